The van der Waals surface area contributed by atoms with E-state index in [4.69, 9.17) is 0 Å². The molecule has 0 unspecified atom stereocenters. The van der Waals surface area contributed by atoms with Crippen LogP contribution in [0.2, 0.25) is 0 Å². The zero-order valence-corrected chi connectivity index (χ0v) is 16.1. The first-order valence-corrected chi connectivity index (χ1v) is 9.79. The van der Waals surface area contributed by atoms with Crippen molar-refractivity contribution in [1.82, 2.24) is 9.55 Å². The maximum Gasteiger partial charge on any atom is 0.341 e. The number of aromatic nitrogens is 2. The van der Waals surface area contributed by atoms with Crippen LogP contribution < -0.4 is 5.43 Å². The van der Waals surface area contributed by atoms with Crippen LogP contribution in [-0.2, 0) is 13.0 Å². The average molecular weight is 390 g/mol. The molecular weight excluding hydrogens is 372 g/mol. The Bertz CT molecular complexity index is 1230. The molecule has 5 nitrogen and oxygen atoms in total. The molecule has 0 spiro atoms. The summed E-state index contributed by atoms with van der Waals surface area (Å²) in [5.41, 5.74) is 3.03. The van der Waals surface area contributed by atoms with Crippen LogP contribution in [0.3, 0.4) is 0 Å². The van der Waals surface area contributed by atoms with E-state index in [1.807, 2.05) is 61.5 Å². The summed E-state index contributed by atoms with van der Waals surface area (Å²) in [6.07, 6.45) is 2.11. The number of benzene rings is 2. The van der Waals surface area contributed by atoms with E-state index < -0.39 is 11.4 Å². The minimum atomic E-state index is -1.22. The van der Waals surface area contributed by atoms with E-state index in [0.29, 0.717) is 23.3 Å². The Morgan fingerprint density at radius 1 is 1.11 bits per heavy atom. The lowest BCUT2D eigenvalue weighted by Crippen LogP contribution is -2.18. The summed E-state index contributed by atoms with van der Waals surface area (Å²) in [4.78, 5) is 28.8. The molecule has 0 atom stereocenters. The number of hydrogen-bond acceptors (Lipinski definition) is 4. The van der Waals surface area contributed by atoms with E-state index in [0.717, 1.165) is 21.7 Å². The van der Waals surface area contributed by atoms with Crippen LogP contribution in [0.25, 0.3) is 21.5 Å². The number of nitrogens with zero attached hydrogens (tertiary/aromatic N) is 2. The van der Waals surface area contributed by atoms with Gasteiger partial charge in [-0.2, -0.15) is 0 Å². The first-order valence-electron chi connectivity index (χ1n) is 8.98. The number of rotatable bonds is 5. The van der Waals surface area contributed by atoms with Gasteiger partial charge in [-0.1, -0.05) is 61.5 Å². The van der Waals surface area contributed by atoms with Gasteiger partial charge in [0.15, 0.2) is 5.65 Å². The lowest BCUT2D eigenvalue weighted by Gasteiger charge is -2.13. The van der Waals surface area contributed by atoms with Gasteiger partial charge in [-0.15, -0.1) is 11.3 Å². The number of carboxylic acid groups (broad SMARTS) is 1. The van der Waals surface area contributed by atoms with E-state index in [-0.39, 0.29) is 5.56 Å². The third kappa shape index (κ3) is 3.23. The van der Waals surface area contributed by atoms with Gasteiger partial charge in [0.1, 0.15) is 10.3 Å². The van der Waals surface area contributed by atoms with Gasteiger partial charge in [-0.25, -0.2) is 9.78 Å². The molecule has 28 heavy (non-hydrogen) atoms. The van der Waals surface area contributed by atoms with E-state index in [1.54, 1.807) is 4.57 Å². The highest BCUT2D eigenvalue weighted by atomic mass is 32.1. The third-order valence-corrected chi connectivity index (χ3v) is 5.82. The fourth-order valence-electron chi connectivity index (χ4n) is 3.26. The minimum Gasteiger partial charge on any atom is -0.477 e. The summed E-state index contributed by atoms with van der Waals surface area (Å²) >= 11 is 1.27. The van der Waals surface area contributed by atoms with Crippen LogP contribution in [0.5, 0.6) is 0 Å². The molecule has 6 heteroatoms. The smallest absolute Gasteiger partial charge is 0.341 e. The molecule has 2 heterocycles. The summed E-state index contributed by atoms with van der Waals surface area (Å²) in [5.74, 6) is -1.22. The average Bonchev–Trinajstić information content (AvgIpc) is 3.16. The molecule has 0 aliphatic rings. The normalized spacial score (nSPS) is 11.0. The van der Waals surface area contributed by atoms with E-state index in [2.05, 4.69) is 4.98 Å². The minimum absolute atomic E-state index is 0.226. The molecule has 0 aliphatic heterocycles. The topological polar surface area (TPSA) is 72.2 Å². The second-order valence-electron chi connectivity index (χ2n) is 6.44. The van der Waals surface area contributed by atoms with Gasteiger partial charge >= 0.3 is 5.97 Å². The third-order valence-electron chi connectivity index (χ3n) is 4.64. The molecule has 1 N–H and O–H groups in total. The Labute approximate surface area is 165 Å². The summed E-state index contributed by atoms with van der Waals surface area (Å²) in [6, 6.07) is 18.0. The predicted octanol–water partition coefficient (Wildman–Crippen LogP) is 4.43. The standard InChI is InChI=1S/C22H18N2O3S/c1-2-18-23-21-20(28-18)19(25)17(22(26)27)13-24(21)12-15-10-6-7-11-16(15)14-8-4-3-5-9-14/h3-11,13H,2,12H2,1H3,(H,26,27). The number of carboxylic acids is 1. The maximum absolute atomic E-state index is 12.6. The summed E-state index contributed by atoms with van der Waals surface area (Å²) in [5, 5.41) is 10.3. The number of hydrogen-bond donors (Lipinski definition) is 1. The SMILES string of the molecule is CCc1nc2c(s1)c(=O)c(C(=O)O)cn2Cc1ccccc1-c1ccccc1. The maximum atomic E-state index is 12.6. The van der Waals surface area contributed by atoms with Gasteiger partial charge < -0.3 is 9.67 Å². The van der Waals surface area contributed by atoms with Crippen molar-refractivity contribution >= 4 is 27.7 Å². The van der Waals surface area contributed by atoms with E-state index in [1.165, 1.54) is 17.5 Å². The number of aromatic carboxylic acids is 1. The van der Waals surface area contributed by atoms with Gasteiger partial charge in [0.05, 0.1) is 5.01 Å². The molecule has 0 aliphatic carbocycles. The molecule has 0 saturated heterocycles. The molecule has 140 valence electrons. The van der Waals surface area contributed by atoms with Crippen molar-refractivity contribution in [3.8, 4) is 11.1 Å². The van der Waals surface area contributed by atoms with Gasteiger partial charge in [-0.3, -0.25) is 4.79 Å². The van der Waals surface area contributed by atoms with Crippen molar-refractivity contribution in [3.05, 3.63) is 87.2 Å². The van der Waals surface area contributed by atoms with Crippen LogP contribution in [-0.4, -0.2) is 20.6 Å². The van der Waals surface area contributed by atoms with Crippen molar-refractivity contribution in [2.45, 2.75) is 19.9 Å². The lowest BCUT2D eigenvalue weighted by molar-refractivity contribution is 0.0695. The molecule has 0 fully saturated rings. The Hall–Kier alpha value is -3.25. The molecule has 2 aromatic carbocycles. The fourth-order valence-corrected chi connectivity index (χ4v) is 4.23. The van der Waals surface area contributed by atoms with Crippen molar-refractivity contribution in [2.24, 2.45) is 0 Å². The van der Waals surface area contributed by atoms with Crippen LogP contribution in [0.15, 0.2) is 65.6 Å². The predicted molar refractivity (Wildman–Crippen MR) is 111 cm³/mol. The Morgan fingerprint density at radius 3 is 2.54 bits per heavy atom. The number of thiazole rings is 1. The molecule has 0 amide bonds. The van der Waals surface area contributed by atoms with Crippen molar-refractivity contribution in [2.75, 3.05) is 0 Å². The van der Waals surface area contributed by atoms with Gasteiger partial charge in [0, 0.05) is 12.7 Å². The van der Waals surface area contributed by atoms with Gasteiger partial charge in [-0.05, 0) is 23.1 Å². The highest BCUT2D eigenvalue weighted by Crippen LogP contribution is 2.26. The van der Waals surface area contributed by atoms with Gasteiger partial charge in [0.2, 0.25) is 5.43 Å². The van der Waals surface area contributed by atoms with Crippen LogP contribution in [0.1, 0.15) is 27.9 Å². The fraction of sp³-hybridized carbons (Fsp3) is 0.136. The zero-order chi connectivity index (χ0) is 19.7. The van der Waals surface area contributed by atoms with Crippen molar-refractivity contribution in [1.29, 1.82) is 0 Å². The number of fused-ring (bicyclic) bond motifs is 1. The molecule has 0 bridgehead atoms. The molecule has 2 aromatic heterocycles. The van der Waals surface area contributed by atoms with Gasteiger partial charge in [0.25, 0.3) is 0 Å². The summed E-state index contributed by atoms with van der Waals surface area (Å²) < 4.78 is 2.17. The number of pyridine rings is 1. The molecule has 0 radical (unpaired) electrons. The molecule has 4 rings (SSSR count). The quantitative estimate of drug-likeness (QED) is 0.547. The Morgan fingerprint density at radius 2 is 1.82 bits per heavy atom. The lowest BCUT2D eigenvalue weighted by atomic mass is 9.99. The highest BCUT2D eigenvalue weighted by molar-refractivity contribution is 7.18. The highest BCUT2D eigenvalue weighted by Gasteiger charge is 2.18. The Balaban J connectivity index is 1.90. The largest absolute Gasteiger partial charge is 0.477 e. The second-order valence-corrected chi connectivity index (χ2v) is 7.53. The van der Waals surface area contributed by atoms with Crippen LogP contribution in [0.4, 0.5) is 0 Å². The molecular formula is C22H18N2O3S. The molecule has 0 saturated carbocycles. The first-order chi connectivity index (χ1) is 13.6. The van der Waals surface area contributed by atoms with Crippen molar-refractivity contribution < 1.29 is 9.90 Å². The zero-order valence-electron chi connectivity index (χ0n) is 15.3. The Kier molecular flexibility index (Phi) is 4.79. The summed E-state index contributed by atoms with van der Waals surface area (Å²) in [7, 11) is 0. The van der Waals surface area contributed by atoms with E-state index >= 15 is 0 Å². The van der Waals surface area contributed by atoms with Crippen LogP contribution >= 0.6 is 11.3 Å². The first kappa shape index (κ1) is 18.1. The van der Waals surface area contributed by atoms with E-state index in [9.17, 15) is 14.7 Å². The van der Waals surface area contributed by atoms with Crippen LogP contribution in [0, 0.1) is 0 Å². The number of aryl methyl sites for hydroxylation is 1. The number of carbonyl (C=O) groups is 1. The van der Waals surface area contributed by atoms with Crippen molar-refractivity contribution in [3.63, 3.8) is 0 Å². The monoisotopic (exact) mass is 390 g/mol. The summed E-state index contributed by atoms with van der Waals surface area (Å²) in [6.45, 7) is 2.39. The second kappa shape index (κ2) is 7.40. The molecule has 4 aromatic rings.